The quantitative estimate of drug-likeness (QED) is 0.868. The molecule has 4 bridgehead atoms. The van der Waals surface area contributed by atoms with Crippen molar-refractivity contribution in [3.05, 3.63) is 11.5 Å². The number of nitrogens with zero attached hydrogens (tertiary/aromatic N) is 2. The molecule has 20 heavy (non-hydrogen) atoms. The summed E-state index contributed by atoms with van der Waals surface area (Å²) in [5.41, 5.74) is 6.03. The molecule has 5 heteroatoms. The standard InChI is InChI=1S/C15H21N3O2/c1-7-17-14(16)13(15(19)20)18(7)12-10-3-8-2-9(5-10)6-11(12)4-8/h8-12H,2-6,16H2,1H3,(H,19,20). The van der Waals surface area contributed by atoms with Crippen molar-refractivity contribution < 1.29 is 9.90 Å². The molecule has 1 aromatic heterocycles. The van der Waals surface area contributed by atoms with Crippen LogP contribution in [-0.4, -0.2) is 20.6 Å². The summed E-state index contributed by atoms with van der Waals surface area (Å²) in [7, 11) is 0. The Hall–Kier alpha value is -1.52. The van der Waals surface area contributed by atoms with E-state index in [4.69, 9.17) is 5.73 Å². The molecule has 108 valence electrons. The second kappa shape index (κ2) is 3.99. The van der Waals surface area contributed by atoms with Crippen molar-refractivity contribution in [2.45, 2.75) is 45.1 Å². The van der Waals surface area contributed by atoms with Crippen molar-refractivity contribution in [3.8, 4) is 0 Å². The Kier molecular flexibility index (Phi) is 2.44. The number of carbonyl (C=O) groups is 1. The van der Waals surface area contributed by atoms with E-state index in [0.717, 1.165) is 17.7 Å². The molecule has 0 spiro atoms. The maximum absolute atomic E-state index is 11.6. The predicted molar refractivity (Wildman–Crippen MR) is 74.4 cm³/mol. The lowest BCUT2D eigenvalue weighted by Crippen LogP contribution is -2.46. The van der Waals surface area contributed by atoms with Crippen LogP contribution in [0.2, 0.25) is 0 Å². The topological polar surface area (TPSA) is 81.1 Å². The fourth-order valence-electron chi connectivity index (χ4n) is 5.46. The Bertz CT molecular complexity index is 550. The van der Waals surface area contributed by atoms with Gasteiger partial charge in [0.1, 0.15) is 5.82 Å². The van der Waals surface area contributed by atoms with E-state index < -0.39 is 5.97 Å². The summed E-state index contributed by atoms with van der Waals surface area (Å²) in [4.78, 5) is 15.8. The fraction of sp³-hybridized carbons (Fsp3) is 0.733. The minimum Gasteiger partial charge on any atom is -0.476 e. The van der Waals surface area contributed by atoms with Gasteiger partial charge in [0.2, 0.25) is 0 Å². The first-order valence-electron chi connectivity index (χ1n) is 7.62. The van der Waals surface area contributed by atoms with Gasteiger partial charge in [0, 0.05) is 6.04 Å². The lowest BCUT2D eigenvalue weighted by molar-refractivity contribution is -0.0308. The maximum Gasteiger partial charge on any atom is 0.356 e. The zero-order chi connectivity index (χ0) is 14.0. The summed E-state index contributed by atoms with van der Waals surface area (Å²) in [6.45, 7) is 1.88. The lowest BCUT2D eigenvalue weighted by Gasteiger charge is -2.55. The van der Waals surface area contributed by atoms with E-state index in [1.807, 2.05) is 11.5 Å². The van der Waals surface area contributed by atoms with Gasteiger partial charge < -0.3 is 15.4 Å². The van der Waals surface area contributed by atoms with Crippen molar-refractivity contribution in [1.82, 2.24) is 9.55 Å². The molecule has 1 heterocycles. The van der Waals surface area contributed by atoms with Gasteiger partial charge in [-0.25, -0.2) is 9.78 Å². The summed E-state index contributed by atoms with van der Waals surface area (Å²) < 4.78 is 1.95. The third kappa shape index (κ3) is 1.55. The minimum absolute atomic E-state index is 0.170. The van der Waals surface area contributed by atoms with Crippen LogP contribution in [0.15, 0.2) is 0 Å². The summed E-state index contributed by atoms with van der Waals surface area (Å²) in [6, 6.07) is 0.304. The van der Waals surface area contributed by atoms with Crippen LogP contribution in [0.5, 0.6) is 0 Å². The van der Waals surface area contributed by atoms with E-state index in [1.165, 1.54) is 32.1 Å². The van der Waals surface area contributed by atoms with Gasteiger partial charge in [-0.2, -0.15) is 0 Å². The van der Waals surface area contributed by atoms with E-state index in [1.54, 1.807) is 0 Å². The number of carboxylic acids is 1. The first-order valence-corrected chi connectivity index (χ1v) is 7.62. The van der Waals surface area contributed by atoms with Crippen LogP contribution in [-0.2, 0) is 0 Å². The van der Waals surface area contributed by atoms with Gasteiger partial charge in [0.25, 0.3) is 0 Å². The number of nitrogens with two attached hydrogens (primary N) is 1. The van der Waals surface area contributed by atoms with E-state index in [-0.39, 0.29) is 11.5 Å². The first kappa shape index (κ1) is 12.2. The molecular formula is C15H21N3O2. The van der Waals surface area contributed by atoms with Gasteiger partial charge >= 0.3 is 5.97 Å². The highest BCUT2D eigenvalue weighted by Crippen LogP contribution is 2.58. The molecule has 0 amide bonds. The average molecular weight is 275 g/mol. The van der Waals surface area contributed by atoms with Crippen LogP contribution in [0.1, 0.15) is 54.5 Å². The number of nitrogen functional groups attached to an aromatic ring is 1. The zero-order valence-electron chi connectivity index (χ0n) is 11.7. The van der Waals surface area contributed by atoms with Crippen molar-refractivity contribution >= 4 is 11.8 Å². The Morgan fingerprint density at radius 2 is 1.75 bits per heavy atom. The van der Waals surface area contributed by atoms with Crippen molar-refractivity contribution in [3.63, 3.8) is 0 Å². The summed E-state index contributed by atoms with van der Waals surface area (Å²) >= 11 is 0. The third-order valence-corrected chi connectivity index (χ3v) is 5.79. The molecule has 1 aromatic rings. The van der Waals surface area contributed by atoms with Crippen LogP contribution >= 0.6 is 0 Å². The molecule has 0 atom stereocenters. The van der Waals surface area contributed by atoms with Crippen LogP contribution in [0.3, 0.4) is 0 Å². The number of aromatic nitrogens is 2. The zero-order valence-corrected chi connectivity index (χ0v) is 11.7. The molecular weight excluding hydrogens is 254 g/mol. The molecule has 4 fully saturated rings. The normalized spacial score (nSPS) is 38.4. The van der Waals surface area contributed by atoms with Gasteiger partial charge in [0.15, 0.2) is 11.5 Å². The number of hydrogen-bond donors (Lipinski definition) is 2. The molecule has 3 N–H and O–H groups in total. The van der Waals surface area contributed by atoms with Crippen LogP contribution in [0.4, 0.5) is 5.82 Å². The highest BCUT2D eigenvalue weighted by Gasteiger charge is 2.50. The largest absolute Gasteiger partial charge is 0.476 e. The highest BCUT2D eigenvalue weighted by molar-refractivity contribution is 5.91. The van der Waals surface area contributed by atoms with E-state index in [0.29, 0.717) is 17.9 Å². The van der Waals surface area contributed by atoms with Gasteiger partial charge in [0.05, 0.1) is 0 Å². The van der Waals surface area contributed by atoms with E-state index >= 15 is 0 Å². The molecule has 4 saturated carbocycles. The molecule has 4 aliphatic rings. The molecule has 5 rings (SSSR count). The van der Waals surface area contributed by atoms with Crippen LogP contribution in [0, 0.1) is 30.6 Å². The second-order valence-corrected chi connectivity index (χ2v) is 6.99. The molecule has 0 radical (unpaired) electrons. The van der Waals surface area contributed by atoms with Crippen LogP contribution < -0.4 is 5.73 Å². The maximum atomic E-state index is 11.6. The number of carboxylic acid groups (broad SMARTS) is 1. The van der Waals surface area contributed by atoms with Crippen LogP contribution in [0.25, 0.3) is 0 Å². The lowest BCUT2D eigenvalue weighted by atomic mass is 9.54. The molecule has 5 nitrogen and oxygen atoms in total. The van der Waals surface area contributed by atoms with E-state index in [2.05, 4.69) is 4.98 Å². The Balaban J connectivity index is 1.80. The molecule has 0 unspecified atom stereocenters. The van der Waals surface area contributed by atoms with Crippen molar-refractivity contribution in [2.75, 3.05) is 5.73 Å². The molecule has 0 saturated heterocycles. The molecule has 0 aromatic carbocycles. The number of rotatable bonds is 2. The van der Waals surface area contributed by atoms with Gasteiger partial charge in [-0.3, -0.25) is 0 Å². The third-order valence-electron chi connectivity index (χ3n) is 5.79. The summed E-state index contributed by atoms with van der Waals surface area (Å²) in [5.74, 6) is 2.98. The van der Waals surface area contributed by atoms with Crippen molar-refractivity contribution in [2.24, 2.45) is 23.7 Å². The Labute approximate surface area is 118 Å². The SMILES string of the molecule is Cc1nc(N)c(C(=O)O)n1C1C2CC3CC(C2)CC1C3. The average Bonchev–Trinajstić information content (AvgIpc) is 2.63. The Morgan fingerprint density at radius 1 is 1.20 bits per heavy atom. The number of imidazole rings is 1. The first-order chi connectivity index (χ1) is 9.54. The Morgan fingerprint density at radius 3 is 2.25 bits per heavy atom. The predicted octanol–water partition coefficient (Wildman–Crippen LogP) is 2.47. The van der Waals surface area contributed by atoms with Gasteiger partial charge in [-0.15, -0.1) is 0 Å². The van der Waals surface area contributed by atoms with Gasteiger partial charge in [-0.1, -0.05) is 0 Å². The number of anilines is 1. The number of aryl methyl sites for hydroxylation is 1. The molecule has 4 aliphatic carbocycles. The number of hydrogen-bond acceptors (Lipinski definition) is 3. The smallest absolute Gasteiger partial charge is 0.356 e. The summed E-state index contributed by atoms with van der Waals surface area (Å²) in [5, 5.41) is 9.47. The monoisotopic (exact) mass is 275 g/mol. The van der Waals surface area contributed by atoms with Gasteiger partial charge in [-0.05, 0) is 62.7 Å². The molecule has 0 aliphatic heterocycles. The second-order valence-electron chi connectivity index (χ2n) is 6.99. The van der Waals surface area contributed by atoms with E-state index in [9.17, 15) is 9.90 Å². The minimum atomic E-state index is -0.947. The highest BCUT2D eigenvalue weighted by atomic mass is 16.4. The fourth-order valence-corrected chi connectivity index (χ4v) is 5.46. The summed E-state index contributed by atoms with van der Waals surface area (Å²) in [6.07, 6.45) is 6.43. The van der Waals surface area contributed by atoms with Crippen molar-refractivity contribution in [1.29, 1.82) is 0 Å². The number of aromatic carboxylic acids is 1.